The maximum absolute atomic E-state index is 13.0. The summed E-state index contributed by atoms with van der Waals surface area (Å²) in [6.45, 7) is 6.39. The minimum absolute atomic E-state index is 0.0286. The first-order valence-electron chi connectivity index (χ1n) is 11.0. The van der Waals surface area contributed by atoms with Crippen molar-refractivity contribution in [2.45, 2.75) is 45.4 Å². The third kappa shape index (κ3) is 3.27. The van der Waals surface area contributed by atoms with Gasteiger partial charge in [0, 0.05) is 0 Å². The number of esters is 1. The number of amides is 2. The molecule has 2 aliphatic carbocycles. The molecule has 1 saturated heterocycles. The van der Waals surface area contributed by atoms with E-state index in [0.717, 1.165) is 24.8 Å². The normalized spacial score (nSPS) is 27.0. The Labute approximate surface area is 182 Å². The van der Waals surface area contributed by atoms with Crippen LogP contribution in [0.4, 0.5) is 5.69 Å². The molecular formula is C26H27NO4. The predicted molar refractivity (Wildman–Crippen MR) is 117 cm³/mol. The van der Waals surface area contributed by atoms with Crippen LogP contribution in [0.5, 0.6) is 5.75 Å². The number of benzene rings is 2. The van der Waals surface area contributed by atoms with E-state index >= 15 is 0 Å². The molecule has 1 heterocycles. The Hall–Kier alpha value is -2.95. The number of hydrogen-bond donors (Lipinski definition) is 0. The lowest BCUT2D eigenvalue weighted by molar-refractivity contribution is -0.123. The highest BCUT2D eigenvalue weighted by atomic mass is 16.5. The zero-order valence-corrected chi connectivity index (χ0v) is 18.1. The average molecular weight is 418 g/mol. The SMILES string of the molecule is CC(C)(C)c1ccc(OC(=O)c2ccc(N3C(=O)[C@H]4[C@@H]5CC[C@@H](C5)[C@@H]4C3=O)cc2)cc1. The Kier molecular flexibility index (Phi) is 4.54. The van der Waals surface area contributed by atoms with Crippen LogP contribution in [-0.4, -0.2) is 17.8 Å². The van der Waals surface area contributed by atoms with Gasteiger partial charge in [0.25, 0.3) is 0 Å². The van der Waals surface area contributed by atoms with Crippen molar-refractivity contribution in [2.75, 3.05) is 4.90 Å². The third-order valence-electron chi connectivity index (χ3n) is 7.22. The second-order valence-corrected chi connectivity index (χ2v) is 10.1. The van der Waals surface area contributed by atoms with Gasteiger partial charge >= 0.3 is 5.97 Å². The van der Waals surface area contributed by atoms with Gasteiger partial charge in [-0.05, 0) is 78.5 Å². The maximum Gasteiger partial charge on any atom is 0.343 e. The van der Waals surface area contributed by atoms with Crippen LogP contribution in [0.2, 0.25) is 0 Å². The Morgan fingerprint density at radius 2 is 1.42 bits per heavy atom. The van der Waals surface area contributed by atoms with Gasteiger partial charge in [-0.1, -0.05) is 32.9 Å². The number of rotatable bonds is 3. The zero-order valence-electron chi connectivity index (χ0n) is 18.1. The average Bonchev–Trinajstić information content (AvgIpc) is 3.42. The first-order chi connectivity index (χ1) is 14.7. The van der Waals surface area contributed by atoms with Crippen LogP contribution >= 0.6 is 0 Å². The Morgan fingerprint density at radius 3 is 1.94 bits per heavy atom. The van der Waals surface area contributed by atoms with Gasteiger partial charge in [0.05, 0.1) is 23.1 Å². The molecule has 0 N–H and O–H groups in total. The van der Waals surface area contributed by atoms with Gasteiger partial charge in [0.1, 0.15) is 5.75 Å². The second-order valence-electron chi connectivity index (χ2n) is 10.1. The summed E-state index contributed by atoms with van der Waals surface area (Å²) < 4.78 is 5.49. The summed E-state index contributed by atoms with van der Waals surface area (Å²) in [5.41, 5.74) is 2.11. The van der Waals surface area contributed by atoms with E-state index in [9.17, 15) is 14.4 Å². The molecule has 4 atom stereocenters. The van der Waals surface area contributed by atoms with Crippen LogP contribution in [0, 0.1) is 23.7 Å². The molecular weight excluding hydrogens is 390 g/mol. The van der Waals surface area contributed by atoms with E-state index in [2.05, 4.69) is 20.8 Å². The Bertz CT molecular complexity index is 1020. The van der Waals surface area contributed by atoms with E-state index in [0.29, 0.717) is 28.8 Å². The molecule has 0 radical (unpaired) electrons. The molecule has 2 saturated carbocycles. The molecule has 5 rings (SSSR count). The van der Waals surface area contributed by atoms with Crippen molar-refractivity contribution >= 4 is 23.5 Å². The van der Waals surface area contributed by atoms with E-state index in [-0.39, 0.29) is 29.1 Å². The fourth-order valence-electron chi connectivity index (χ4n) is 5.60. The highest BCUT2D eigenvalue weighted by Crippen LogP contribution is 2.56. The van der Waals surface area contributed by atoms with E-state index < -0.39 is 5.97 Å². The van der Waals surface area contributed by atoms with Crippen molar-refractivity contribution in [3.63, 3.8) is 0 Å². The summed E-state index contributed by atoms with van der Waals surface area (Å²) in [5, 5.41) is 0. The van der Waals surface area contributed by atoms with Gasteiger partial charge in [-0.3, -0.25) is 14.5 Å². The van der Waals surface area contributed by atoms with Gasteiger partial charge < -0.3 is 4.74 Å². The van der Waals surface area contributed by atoms with E-state index in [1.807, 2.05) is 12.1 Å². The van der Waals surface area contributed by atoms with Gasteiger partial charge in [0.15, 0.2) is 0 Å². The minimum atomic E-state index is -0.468. The van der Waals surface area contributed by atoms with Crippen LogP contribution in [-0.2, 0) is 15.0 Å². The third-order valence-corrected chi connectivity index (χ3v) is 7.22. The molecule has 0 unspecified atom stereocenters. The Balaban J connectivity index is 1.30. The van der Waals surface area contributed by atoms with Crippen LogP contribution in [0.3, 0.4) is 0 Å². The molecule has 2 bridgehead atoms. The quantitative estimate of drug-likeness (QED) is 0.411. The van der Waals surface area contributed by atoms with E-state index in [1.165, 1.54) is 4.90 Å². The summed E-state index contributed by atoms with van der Waals surface area (Å²) in [7, 11) is 0. The van der Waals surface area contributed by atoms with Crippen molar-refractivity contribution in [1.29, 1.82) is 0 Å². The molecule has 5 nitrogen and oxygen atoms in total. The molecule has 160 valence electrons. The molecule has 5 heteroatoms. The summed E-state index contributed by atoms with van der Waals surface area (Å²) in [6, 6.07) is 14.1. The number of ether oxygens (including phenoxy) is 1. The van der Waals surface area contributed by atoms with Crippen molar-refractivity contribution < 1.29 is 19.1 Å². The van der Waals surface area contributed by atoms with E-state index in [4.69, 9.17) is 4.74 Å². The number of fused-ring (bicyclic) bond motifs is 5. The molecule has 0 aromatic heterocycles. The van der Waals surface area contributed by atoms with Gasteiger partial charge in [-0.2, -0.15) is 0 Å². The largest absolute Gasteiger partial charge is 0.423 e. The first-order valence-corrected chi connectivity index (χ1v) is 11.0. The van der Waals surface area contributed by atoms with Crippen LogP contribution in [0.1, 0.15) is 56.0 Å². The number of carbonyl (C=O) groups is 3. The lowest BCUT2D eigenvalue weighted by Gasteiger charge is -2.19. The fraction of sp³-hybridized carbons (Fsp3) is 0.423. The second kappa shape index (κ2) is 7.04. The van der Waals surface area contributed by atoms with Crippen molar-refractivity contribution in [1.82, 2.24) is 0 Å². The molecule has 2 aromatic rings. The number of hydrogen-bond acceptors (Lipinski definition) is 4. The molecule has 3 aliphatic rings. The number of carbonyl (C=O) groups excluding carboxylic acids is 3. The van der Waals surface area contributed by atoms with Crippen LogP contribution in [0.15, 0.2) is 48.5 Å². The highest BCUT2D eigenvalue weighted by Gasteiger charge is 2.61. The summed E-state index contributed by atoms with van der Waals surface area (Å²) in [5.74, 6) is 0.289. The smallest absolute Gasteiger partial charge is 0.343 e. The molecule has 1 aliphatic heterocycles. The van der Waals surface area contributed by atoms with Crippen molar-refractivity contribution in [3.8, 4) is 5.75 Å². The predicted octanol–water partition coefficient (Wildman–Crippen LogP) is 4.74. The first kappa shape index (κ1) is 20.0. The van der Waals surface area contributed by atoms with Crippen molar-refractivity contribution in [3.05, 3.63) is 59.7 Å². The van der Waals surface area contributed by atoms with Crippen LogP contribution < -0.4 is 9.64 Å². The molecule has 0 spiro atoms. The van der Waals surface area contributed by atoms with Gasteiger partial charge in [0.2, 0.25) is 11.8 Å². The topological polar surface area (TPSA) is 63.7 Å². The monoisotopic (exact) mass is 417 g/mol. The summed E-state index contributed by atoms with van der Waals surface area (Å²) in [4.78, 5) is 39.8. The summed E-state index contributed by atoms with van der Waals surface area (Å²) in [6.07, 6.45) is 3.13. The molecule has 2 amide bonds. The number of anilines is 1. The summed E-state index contributed by atoms with van der Waals surface area (Å²) >= 11 is 0. The number of imide groups is 1. The Morgan fingerprint density at radius 1 is 0.871 bits per heavy atom. The standard InChI is InChI=1S/C26H27NO4/c1-26(2,3)18-8-12-20(13-9-18)31-25(30)15-6-10-19(11-7-15)27-23(28)21-16-4-5-17(14-16)22(21)24(27)29/h6-13,16-17,21-22H,4-5,14H2,1-3H3/t16-,17+,21-,22-/m0/s1. The molecule has 31 heavy (non-hydrogen) atoms. The van der Waals surface area contributed by atoms with Gasteiger partial charge in [-0.15, -0.1) is 0 Å². The zero-order chi connectivity index (χ0) is 21.9. The van der Waals surface area contributed by atoms with E-state index in [1.54, 1.807) is 36.4 Å². The number of nitrogens with zero attached hydrogens (tertiary/aromatic N) is 1. The lowest BCUT2D eigenvalue weighted by Crippen LogP contribution is -2.32. The van der Waals surface area contributed by atoms with Crippen molar-refractivity contribution in [2.24, 2.45) is 23.7 Å². The fourth-order valence-corrected chi connectivity index (χ4v) is 5.60. The van der Waals surface area contributed by atoms with Crippen LogP contribution in [0.25, 0.3) is 0 Å². The van der Waals surface area contributed by atoms with Gasteiger partial charge in [-0.25, -0.2) is 4.79 Å². The highest BCUT2D eigenvalue weighted by molar-refractivity contribution is 6.22. The molecule has 2 aromatic carbocycles. The maximum atomic E-state index is 13.0. The lowest BCUT2D eigenvalue weighted by atomic mass is 9.81. The minimum Gasteiger partial charge on any atom is -0.423 e. The molecule has 3 fully saturated rings.